The highest BCUT2D eigenvalue weighted by molar-refractivity contribution is 5.79. The highest BCUT2D eigenvalue weighted by Crippen LogP contribution is 2.20. The molecule has 4 nitrogen and oxygen atoms in total. The van der Waals surface area contributed by atoms with Crippen LogP contribution in [0.15, 0.2) is 6.07 Å². The van der Waals surface area contributed by atoms with Crippen LogP contribution in [0, 0.1) is 6.92 Å². The first kappa shape index (κ1) is 12.6. The summed E-state index contributed by atoms with van der Waals surface area (Å²) in [5.41, 5.74) is 0.253. The number of likely N-dealkylation sites (N-methyl/N-ethyl adjacent to an activating group) is 1. The van der Waals surface area contributed by atoms with Crippen LogP contribution in [-0.2, 0) is 4.79 Å². The minimum atomic E-state index is -2.61. The van der Waals surface area contributed by atoms with Crippen molar-refractivity contribution in [1.29, 1.82) is 0 Å². The summed E-state index contributed by atoms with van der Waals surface area (Å²) in [6.07, 6.45) is -2.61. The van der Waals surface area contributed by atoms with E-state index in [1.54, 1.807) is 20.8 Å². The minimum absolute atomic E-state index is 0.227. The van der Waals surface area contributed by atoms with E-state index in [0.29, 0.717) is 12.2 Å². The fourth-order valence-corrected chi connectivity index (χ4v) is 1.44. The van der Waals surface area contributed by atoms with Gasteiger partial charge in [0.25, 0.3) is 6.43 Å². The Morgan fingerprint density at radius 2 is 2.25 bits per heavy atom. The second kappa shape index (κ2) is 5.05. The molecule has 16 heavy (non-hydrogen) atoms. The van der Waals surface area contributed by atoms with Crippen molar-refractivity contribution in [3.8, 4) is 0 Å². The van der Waals surface area contributed by atoms with Crippen LogP contribution in [0.4, 0.5) is 8.78 Å². The van der Waals surface area contributed by atoms with Gasteiger partial charge in [-0.3, -0.25) is 9.48 Å². The molecule has 0 aromatic carbocycles. The van der Waals surface area contributed by atoms with E-state index in [0.717, 1.165) is 0 Å². The van der Waals surface area contributed by atoms with Crippen molar-refractivity contribution in [3.63, 3.8) is 0 Å². The van der Waals surface area contributed by atoms with E-state index >= 15 is 0 Å². The van der Waals surface area contributed by atoms with Crippen molar-refractivity contribution in [2.75, 3.05) is 6.54 Å². The Bertz CT molecular complexity index is 376. The molecule has 1 aromatic rings. The van der Waals surface area contributed by atoms with Gasteiger partial charge in [0, 0.05) is 12.2 Å². The number of nitrogens with zero attached hydrogens (tertiary/aromatic N) is 2. The molecule has 0 saturated heterocycles. The van der Waals surface area contributed by atoms with E-state index < -0.39 is 12.5 Å². The Balaban J connectivity index is 2.91. The summed E-state index contributed by atoms with van der Waals surface area (Å²) in [4.78, 5) is 11.5. The summed E-state index contributed by atoms with van der Waals surface area (Å²) < 4.78 is 26.1. The van der Waals surface area contributed by atoms with Gasteiger partial charge in [-0.05, 0) is 26.8 Å². The summed E-state index contributed by atoms with van der Waals surface area (Å²) in [6.45, 7) is 5.57. The number of carbonyl (C=O) groups excluding carboxylic acids is 1. The highest BCUT2D eigenvalue weighted by atomic mass is 19.3. The average molecular weight is 231 g/mol. The number of aryl methyl sites for hydroxylation is 1. The predicted molar refractivity (Wildman–Crippen MR) is 55.3 cm³/mol. The van der Waals surface area contributed by atoms with Crippen LogP contribution in [0.5, 0.6) is 0 Å². The monoisotopic (exact) mass is 231 g/mol. The number of rotatable bonds is 4. The smallest absolute Gasteiger partial charge is 0.282 e. The first-order valence-electron chi connectivity index (χ1n) is 5.09. The maximum absolute atomic E-state index is 12.4. The van der Waals surface area contributed by atoms with Crippen LogP contribution < -0.4 is 5.32 Å². The van der Waals surface area contributed by atoms with E-state index in [-0.39, 0.29) is 11.6 Å². The molecule has 1 atom stereocenters. The van der Waals surface area contributed by atoms with Gasteiger partial charge in [-0.2, -0.15) is 5.10 Å². The predicted octanol–water partition coefficient (Wildman–Crippen LogP) is 1.83. The van der Waals surface area contributed by atoms with Gasteiger partial charge >= 0.3 is 0 Å². The van der Waals surface area contributed by atoms with Crippen LogP contribution in [0.2, 0.25) is 0 Å². The molecule has 1 heterocycles. The topological polar surface area (TPSA) is 46.9 Å². The van der Waals surface area contributed by atoms with Gasteiger partial charge < -0.3 is 5.32 Å². The quantitative estimate of drug-likeness (QED) is 0.859. The van der Waals surface area contributed by atoms with Crippen molar-refractivity contribution in [2.24, 2.45) is 0 Å². The maximum atomic E-state index is 12.4. The first-order chi connectivity index (χ1) is 7.47. The second-order valence-corrected chi connectivity index (χ2v) is 3.53. The summed E-state index contributed by atoms with van der Waals surface area (Å²) in [7, 11) is 0. The fourth-order valence-electron chi connectivity index (χ4n) is 1.44. The summed E-state index contributed by atoms with van der Waals surface area (Å²) in [5.74, 6) is -0.227. The summed E-state index contributed by atoms with van der Waals surface area (Å²) in [5, 5.41) is 6.34. The fraction of sp³-hybridized carbons (Fsp3) is 0.600. The van der Waals surface area contributed by atoms with Gasteiger partial charge in [-0.25, -0.2) is 8.78 Å². The molecule has 1 unspecified atom stereocenters. The maximum Gasteiger partial charge on any atom is 0.282 e. The summed E-state index contributed by atoms with van der Waals surface area (Å²) >= 11 is 0. The molecule has 0 bridgehead atoms. The number of aromatic nitrogens is 2. The summed E-state index contributed by atoms with van der Waals surface area (Å²) in [6, 6.07) is 0.716. The zero-order chi connectivity index (χ0) is 12.3. The third-order valence-electron chi connectivity index (χ3n) is 2.26. The molecule has 90 valence electrons. The average Bonchev–Trinajstić information content (AvgIpc) is 2.60. The van der Waals surface area contributed by atoms with Crippen LogP contribution in [0.3, 0.4) is 0 Å². The molecule has 0 aliphatic heterocycles. The lowest BCUT2D eigenvalue weighted by atomic mass is 10.3. The molecule has 1 N–H and O–H groups in total. The molecule has 1 aromatic heterocycles. The lowest BCUT2D eigenvalue weighted by molar-refractivity contribution is -0.124. The number of nitrogens with one attached hydrogen (secondary N) is 1. The van der Waals surface area contributed by atoms with Crippen molar-refractivity contribution < 1.29 is 13.6 Å². The van der Waals surface area contributed by atoms with Gasteiger partial charge in [0.15, 0.2) is 0 Å². The Hall–Kier alpha value is -1.46. The van der Waals surface area contributed by atoms with E-state index in [9.17, 15) is 13.6 Å². The van der Waals surface area contributed by atoms with E-state index in [4.69, 9.17) is 0 Å². The number of carbonyl (C=O) groups is 1. The third kappa shape index (κ3) is 2.56. The van der Waals surface area contributed by atoms with Crippen molar-refractivity contribution in [2.45, 2.75) is 33.2 Å². The number of hydrogen-bond acceptors (Lipinski definition) is 2. The van der Waals surface area contributed by atoms with Crippen LogP contribution >= 0.6 is 0 Å². The van der Waals surface area contributed by atoms with Gasteiger partial charge in [-0.1, -0.05) is 0 Å². The lowest BCUT2D eigenvalue weighted by Crippen LogP contribution is -2.31. The van der Waals surface area contributed by atoms with Crippen LogP contribution in [0.25, 0.3) is 0 Å². The standard InChI is InChI=1S/C10H15F2N3O/c1-4-13-10(16)7(3)15-6(2)5-8(14-15)9(11)12/h5,7,9H,4H2,1-3H3,(H,13,16). The van der Waals surface area contributed by atoms with Crippen molar-refractivity contribution in [1.82, 2.24) is 15.1 Å². The van der Waals surface area contributed by atoms with Gasteiger partial charge in [-0.15, -0.1) is 0 Å². The molecule has 0 aliphatic carbocycles. The zero-order valence-corrected chi connectivity index (χ0v) is 9.50. The Labute approximate surface area is 92.6 Å². The lowest BCUT2D eigenvalue weighted by Gasteiger charge is -2.13. The Morgan fingerprint density at radius 3 is 2.69 bits per heavy atom. The first-order valence-corrected chi connectivity index (χ1v) is 5.09. The Kier molecular flexibility index (Phi) is 3.98. The van der Waals surface area contributed by atoms with Gasteiger partial charge in [0.1, 0.15) is 11.7 Å². The number of amides is 1. The molecule has 0 aliphatic rings. The molecule has 1 rings (SSSR count). The molecule has 6 heteroatoms. The van der Waals surface area contributed by atoms with E-state index in [2.05, 4.69) is 10.4 Å². The molecule has 0 radical (unpaired) electrons. The second-order valence-electron chi connectivity index (χ2n) is 3.53. The van der Waals surface area contributed by atoms with Crippen molar-refractivity contribution in [3.05, 3.63) is 17.5 Å². The highest BCUT2D eigenvalue weighted by Gasteiger charge is 2.20. The molecule has 0 saturated carbocycles. The SMILES string of the molecule is CCNC(=O)C(C)n1nc(C(F)F)cc1C. The molecular weight excluding hydrogens is 216 g/mol. The van der Waals surface area contributed by atoms with Crippen LogP contribution in [0.1, 0.15) is 37.7 Å². The van der Waals surface area contributed by atoms with E-state index in [1.807, 2.05) is 0 Å². The molecule has 0 fully saturated rings. The number of hydrogen-bond donors (Lipinski definition) is 1. The minimum Gasteiger partial charge on any atom is -0.355 e. The number of alkyl halides is 2. The van der Waals surface area contributed by atoms with Crippen LogP contribution in [-0.4, -0.2) is 22.2 Å². The van der Waals surface area contributed by atoms with Gasteiger partial charge in [0.2, 0.25) is 5.91 Å². The zero-order valence-electron chi connectivity index (χ0n) is 9.50. The largest absolute Gasteiger partial charge is 0.355 e. The molecule has 0 spiro atoms. The molecular formula is C10H15F2N3O. The van der Waals surface area contributed by atoms with Crippen molar-refractivity contribution >= 4 is 5.91 Å². The normalized spacial score (nSPS) is 12.9. The number of halogens is 2. The van der Waals surface area contributed by atoms with Gasteiger partial charge in [0.05, 0.1) is 0 Å². The molecule has 1 amide bonds. The third-order valence-corrected chi connectivity index (χ3v) is 2.26. The van der Waals surface area contributed by atoms with E-state index in [1.165, 1.54) is 10.7 Å². The Morgan fingerprint density at radius 1 is 1.62 bits per heavy atom.